The molecule has 6 nitrogen and oxygen atoms in total. The Morgan fingerprint density at radius 3 is 2.41 bits per heavy atom. The summed E-state index contributed by atoms with van der Waals surface area (Å²) in [7, 11) is 0. The molecule has 6 heteroatoms. The summed E-state index contributed by atoms with van der Waals surface area (Å²) in [6, 6.07) is 14.5. The number of piperazine rings is 1. The minimum absolute atomic E-state index is 0.0877. The predicted molar refractivity (Wildman–Crippen MR) is 117 cm³/mol. The van der Waals surface area contributed by atoms with Crippen molar-refractivity contribution in [1.29, 1.82) is 0 Å². The molecule has 1 aliphatic heterocycles. The second kappa shape index (κ2) is 9.74. The third-order valence-electron chi connectivity index (χ3n) is 5.90. The van der Waals surface area contributed by atoms with Crippen molar-refractivity contribution >= 4 is 17.5 Å². The summed E-state index contributed by atoms with van der Waals surface area (Å²) in [6.45, 7) is 4.99. The fourth-order valence-electron chi connectivity index (χ4n) is 4.23. The van der Waals surface area contributed by atoms with E-state index in [2.05, 4.69) is 43.6 Å². The number of anilines is 2. The molecule has 0 spiro atoms. The number of carbonyl (C=O) groups excluding carboxylic acids is 1. The van der Waals surface area contributed by atoms with Crippen LogP contribution in [0.3, 0.4) is 0 Å². The van der Waals surface area contributed by atoms with E-state index >= 15 is 0 Å². The van der Waals surface area contributed by atoms with Crippen LogP contribution in [-0.2, 0) is 6.54 Å². The molecule has 2 heterocycles. The summed E-state index contributed by atoms with van der Waals surface area (Å²) >= 11 is 0. The van der Waals surface area contributed by atoms with Crippen molar-refractivity contribution in [2.45, 2.75) is 44.7 Å². The Bertz CT molecular complexity index is 766. The summed E-state index contributed by atoms with van der Waals surface area (Å²) in [5.74, 6) is 1.06. The molecular formula is C23H31N5O. The lowest BCUT2D eigenvalue weighted by Crippen LogP contribution is -2.46. The Morgan fingerprint density at radius 2 is 1.72 bits per heavy atom. The molecular weight excluding hydrogens is 362 g/mol. The largest absolute Gasteiger partial charge is 0.354 e. The number of amides is 2. The maximum absolute atomic E-state index is 12.2. The number of nitrogens with zero attached hydrogens (tertiary/aromatic N) is 3. The van der Waals surface area contributed by atoms with E-state index < -0.39 is 0 Å². The van der Waals surface area contributed by atoms with Crippen LogP contribution in [0.2, 0.25) is 0 Å². The molecule has 1 saturated heterocycles. The highest BCUT2D eigenvalue weighted by atomic mass is 16.2. The number of hydrogen-bond acceptors (Lipinski definition) is 4. The lowest BCUT2D eigenvalue weighted by Gasteiger charge is -2.35. The number of aromatic nitrogens is 1. The monoisotopic (exact) mass is 393 g/mol. The van der Waals surface area contributed by atoms with E-state index in [1.54, 1.807) is 0 Å². The topological polar surface area (TPSA) is 60.5 Å². The van der Waals surface area contributed by atoms with Crippen LogP contribution >= 0.6 is 0 Å². The van der Waals surface area contributed by atoms with Crippen LogP contribution in [0.15, 0.2) is 48.7 Å². The number of urea groups is 1. The van der Waals surface area contributed by atoms with Crippen molar-refractivity contribution in [2.24, 2.45) is 0 Å². The highest BCUT2D eigenvalue weighted by molar-refractivity contribution is 5.89. The quantitative estimate of drug-likeness (QED) is 0.810. The number of pyridine rings is 1. The molecule has 29 heavy (non-hydrogen) atoms. The minimum atomic E-state index is -0.0877. The fraction of sp³-hybridized carbons (Fsp3) is 0.478. The maximum Gasteiger partial charge on any atom is 0.319 e. The van der Waals surface area contributed by atoms with Gasteiger partial charge in [-0.2, -0.15) is 0 Å². The first-order valence-corrected chi connectivity index (χ1v) is 10.8. The third kappa shape index (κ3) is 5.70. The first kappa shape index (κ1) is 19.7. The summed E-state index contributed by atoms with van der Waals surface area (Å²) < 4.78 is 0. The predicted octanol–water partition coefficient (Wildman–Crippen LogP) is 3.86. The van der Waals surface area contributed by atoms with Crippen LogP contribution in [0.4, 0.5) is 16.3 Å². The number of carbonyl (C=O) groups is 1. The van der Waals surface area contributed by atoms with Gasteiger partial charge in [0.1, 0.15) is 5.82 Å². The molecule has 2 amide bonds. The van der Waals surface area contributed by atoms with Crippen LogP contribution in [0.25, 0.3) is 0 Å². The normalized spacial score (nSPS) is 18.4. The molecule has 2 aliphatic rings. The Balaban J connectivity index is 1.22. The van der Waals surface area contributed by atoms with Gasteiger partial charge in [0.05, 0.1) is 0 Å². The van der Waals surface area contributed by atoms with Crippen molar-refractivity contribution in [2.75, 3.05) is 36.4 Å². The summed E-state index contributed by atoms with van der Waals surface area (Å²) in [4.78, 5) is 21.5. The smallest absolute Gasteiger partial charge is 0.319 e. The van der Waals surface area contributed by atoms with E-state index in [0.29, 0.717) is 6.04 Å². The summed E-state index contributed by atoms with van der Waals surface area (Å²) in [5, 5.41) is 6.06. The van der Waals surface area contributed by atoms with Crippen LogP contribution in [0, 0.1) is 0 Å². The molecule has 2 aromatic rings. The van der Waals surface area contributed by atoms with Gasteiger partial charge in [-0.3, -0.25) is 4.90 Å². The number of nitrogens with one attached hydrogen (secondary N) is 2. The van der Waals surface area contributed by atoms with Crippen molar-refractivity contribution in [3.63, 3.8) is 0 Å². The van der Waals surface area contributed by atoms with Gasteiger partial charge in [-0.15, -0.1) is 0 Å². The van der Waals surface area contributed by atoms with Gasteiger partial charge in [-0.1, -0.05) is 37.5 Å². The van der Waals surface area contributed by atoms with Crippen LogP contribution in [0.5, 0.6) is 0 Å². The molecule has 1 aliphatic carbocycles. The number of hydrogen-bond donors (Lipinski definition) is 2. The van der Waals surface area contributed by atoms with Gasteiger partial charge in [0.2, 0.25) is 0 Å². The molecule has 1 saturated carbocycles. The van der Waals surface area contributed by atoms with Gasteiger partial charge in [0.15, 0.2) is 0 Å². The highest BCUT2D eigenvalue weighted by Gasteiger charge is 2.18. The van der Waals surface area contributed by atoms with E-state index in [9.17, 15) is 4.79 Å². The Morgan fingerprint density at radius 1 is 0.966 bits per heavy atom. The van der Waals surface area contributed by atoms with Gasteiger partial charge in [-0.05, 0) is 42.7 Å². The Hall–Kier alpha value is -2.60. The second-order valence-electron chi connectivity index (χ2n) is 8.08. The second-order valence-corrected chi connectivity index (χ2v) is 8.08. The van der Waals surface area contributed by atoms with Crippen molar-refractivity contribution in [3.05, 3.63) is 54.2 Å². The van der Waals surface area contributed by atoms with E-state index in [0.717, 1.165) is 57.1 Å². The average Bonchev–Trinajstić information content (AvgIpc) is 2.77. The summed E-state index contributed by atoms with van der Waals surface area (Å²) in [6.07, 6.45) is 7.78. The van der Waals surface area contributed by atoms with Gasteiger partial charge in [0.25, 0.3) is 0 Å². The third-order valence-corrected chi connectivity index (χ3v) is 5.90. The lowest BCUT2D eigenvalue weighted by atomic mass is 9.96. The molecule has 0 radical (unpaired) electrons. The zero-order valence-electron chi connectivity index (χ0n) is 17.0. The molecule has 2 fully saturated rings. The Labute approximate surface area is 173 Å². The molecule has 1 aromatic carbocycles. The zero-order chi connectivity index (χ0) is 19.9. The molecule has 2 N–H and O–H groups in total. The SMILES string of the molecule is O=C(Nc1ccc(CN2CCN(c3ccccn3)CC2)cc1)NC1CCCCC1. The maximum atomic E-state index is 12.2. The van der Waals surface area contributed by atoms with Crippen molar-refractivity contribution in [3.8, 4) is 0 Å². The van der Waals surface area contributed by atoms with Gasteiger partial charge < -0.3 is 15.5 Å². The molecule has 0 bridgehead atoms. The Kier molecular flexibility index (Phi) is 6.62. The molecule has 1 aromatic heterocycles. The zero-order valence-corrected chi connectivity index (χ0v) is 17.0. The first-order valence-electron chi connectivity index (χ1n) is 10.8. The van der Waals surface area contributed by atoms with Crippen LogP contribution in [0.1, 0.15) is 37.7 Å². The summed E-state index contributed by atoms with van der Waals surface area (Å²) in [5.41, 5.74) is 2.12. The molecule has 154 valence electrons. The molecule has 0 atom stereocenters. The van der Waals surface area contributed by atoms with E-state index in [4.69, 9.17) is 0 Å². The van der Waals surface area contributed by atoms with Crippen LogP contribution in [-0.4, -0.2) is 48.1 Å². The lowest BCUT2D eigenvalue weighted by molar-refractivity contribution is 0.244. The van der Waals surface area contributed by atoms with Gasteiger partial charge in [0, 0.05) is 50.6 Å². The number of benzene rings is 1. The van der Waals surface area contributed by atoms with Gasteiger partial charge in [-0.25, -0.2) is 9.78 Å². The highest BCUT2D eigenvalue weighted by Crippen LogP contribution is 2.18. The van der Waals surface area contributed by atoms with Crippen LogP contribution < -0.4 is 15.5 Å². The van der Waals surface area contributed by atoms with Crippen molar-refractivity contribution in [1.82, 2.24) is 15.2 Å². The average molecular weight is 394 g/mol. The number of rotatable bonds is 5. The fourth-order valence-corrected chi connectivity index (χ4v) is 4.23. The van der Waals surface area contributed by atoms with E-state index in [1.807, 2.05) is 30.5 Å². The molecule has 0 unspecified atom stereocenters. The standard InChI is InChI=1S/C23H31N5O/c29-23(25-20-6-2-1-3-7-20)26-21-11-9-19(10-12-21)18-27-14-16-28(17-15-27)22-8-4-5-13-24-22/h4-5,8-13,20H,1-3,6-7,14-18H2,(H2,25,26,29). The minimum Gasteiger partial charge on any atom is -0.354 e. The van der Waals surface area contributed by atoms with E-state index in [-0.39, 0.29) is 6.03 Å². The van der Waals surface area contributed by atoms with Gasteiger partial charge >= 0.3 is 6.03 Å². The molecule has 4 rings (SSSR count). The van der Waals surface area contributed by atoms with E-state index in [1.165, 1.54) is 24.8 Å². The van der Waals surface area contributed by atoms with Crippen molar-refractivity contribution < 1.29 is 4.79 Å². The first-order chi connectivity index (χ1) is 14.3.